The fourth-order valence-corrected chi connectivity index (χ4v) is 1.95. The number of nitrogens with one attached hydrogen (secondary N) is 1. The van der Waals surface area contributed by atoms with Gasteiger partial charge in [0.1, 0.15) is 0 Å². The number of benzene rings is 1. The highest BCUT2D eigenvalue weighted by Gasteiger charge is 2.19. The smallest absolute Gasteiger partial charge is 0.0175 e. The van der Waals surface area contributed by atoms with Gasteiger partial charge in [0.05, 0.1) is 0 Å². The molecule has 0 bridgehead atoms. The normalized spacial score (nSPS) is 14.4. The molecule has 0 fully saturated rings. The van der Waals surface area contributed by atoms with Gasteiger partial charge >= 0.3 is 0 Å². The Labute approximate surface area is 107 Å². The summed E-state index contributed by atoms with van der Waals surface area (Å²) in [6.45, 7) is 10.3. The molecule has 1 aromatic rings. The minimum Gasteiger partial charge on any atom is -0.316 e. The molecular formula is C14H20BrN. The molecule has 1 aromatic carbocycles. The Morgan fingerprint density at radius 3 is 2.50 bits per heavy atom. The third-order valence-electron chi connectivity index (χ3n) is 2.79. The predicted molar refractivity (Wildman–Crippen MR) is 74.7 cm³/mol. The van der Waals surface area contributed by atoms with Crippen LogP contribution >= 0.6 is 15.9 Å². The lowest BCUT2D eigenvalue weighted by atomic mass is 9.83. The second-order valence-corrected chi connectivity index (χ2v) is 5.36. The van der Waals surface area contributed by atoms with Crippen molar-refractivity contribution in [3.63, 3.8) is 0 Å². The summed E-state index contributed by atoms with van der Waals surface area (Å²) in [6, 6.07) is 8.51. The average Bonchev–Trinajstić information content (AvgIpc) is 2.30. The first-order chi connectivity index (χ1) is 7.59. The molecule has 16 heavy (non-hydrogen) atoms. The van der Waals surface area contributed by atoms with Gasteiger partial charge in [0.25, 0.3) is 0 Å². The first kappa shape index (κ1) is 13.5. The molecule has 0 aliphatic rings. The van der Waals surface area contributed by atoms with E-state index < -0.39 is 0 Å². The lowest BCUT2D eigenvalue weighted by Gasteiger charge is -2.26. The minimum absolute atomic E-state index is 0.129. The maximum absolute atomic E-state index is 3.95. The highest BCUT2D eigenvalue weighted by molar-refractivity contribution is 9.10. The molecule has 0 aromatic heterocycles. The van der Waals surface area contributed by atoms with Gasteiger partial charge in [-0.25, -0.2) is 0 Å². The molecular weight excluding hydrogens is 262 g/mol. The van der Waals surface area contributed by atoms with Crippen LogP contribution in [-0.4, -0.2) is 13.1 Å². The molecule has 2 heteroatoms. The van der Waals surface area contributed by atoms with Crippen molar-refractivity contribution < 1.29 is 0 Å². The van der Waals surface area contributed by atoms with Crippen LogP contribution in [0.15, 0.2) is 41.4 Å². The van der Waals surface area contributed by atoms with Crippen LogP contribution in [0.25, 0.3) is 0 Å². The molecule has 1 atom stereocenters. The summed E-state index contributed by atoms with van der Waals surface area (Å²) in [5, 5.41) is 3.39. The Kier molecular flexibility index (Phi) is 5.23. The third-order valence-corrected chi connectivity index (χ3v) is 3.32. The van der Waals surface area contributed by atoms with Crippen molar-refractivity contribution in [3.8, 4) is 0 Å². The molecule has 0 aliphatic heterocycles. The summed E-state index contributed by atoms with van der Waals surface area (Å²) < 4.78 is 1.13. The summed E-state index contributed by atoms with van der Waals surface area (Å²) in [5.41, 5.74) is 1.48. The van der Waals surface area contributed by atoms with Crippen molar-refractivity contribution in [2.75, 3.05) is 13.1 Å². The summed E-state index contributed by atoms with van der Waals surface area (Å²) in [6.07, 6.45) is 3.08. The molecule has 88 valence electrons. The molecule has 0 heterocycles. The van der Waals surface area contributed by atoms with Crippen LogP contribution in [-0.2, 0) is 6.42 Å². The van der Waals surface area contributed by atoms with Crippen LogP contribution in [0.2, 0.25) is 0 Å². The van der Waals surface area contributed by atoms with E-state index in [2.05, 4.69) is 72.0 Å². The number of hydrogen-bond acceptors (Lipinski definition) is 1. The van der Waals surface area contributed by atoms with E-state index in [9.17, 15) is 0 Å². The molecule has 1 rings (SSSR count). The SMILES string of the molecule is C=CC(C)(CNCC)Cc1ccc(Br)cc1. The Bertz CT molecular complexity index is 331. The minimum atomic E-state index is 0.129. The lowest BCUT2D eigenvalue weighted by molar-refractivity contribution is 0.396. The zero-order chi connectivity index (χ0) is 12.0. The number of halogens is 1. The van der Waals surface area contributed by atoms with Crippen LogP contribution in [0.3, 0.4) is 0 Å². The second kappa shape index (κ2) is 6.21. The molecule has 0 saturated heterocycles. The Morgan fingerprint density at radius 2 is 2.00 bits per heavy atom. The van der Waals surface area contributed by atoms with Crippen LogP contribution in [0.5, 0.6) is 0 Å². The highest BCUT2D eigenvalue weighted by atomic mass is 79.9. The fraction of sp³-hybridized carbons (Fsp3) is 0.429. The zero-order valence-corrected chi connectivity index (χ0v) is 11.7. The number of hydrogen-bond donors (Lipinski definition) is 1. The van der Waals surface area contributed by atoms with Crippen LogP contribution in [0.1, 0.15) is 19.4 Å². The van der Waals surface area contributed by atoms with Gasteiger partial charge in [-0.05, 0) is 30.7 Å². The molecule has 0 amide bonds. The van der Waals surface area contributed by atoms with E-state index >= 15 is 0 Å². The molecule has 1 N–H and O–H groups in total. The van der Waals surface area contributed by atoms with Gasteiger partial charge in [-0.3, -0.25) is 0 Å². The number of rotatable bonds is 6. The Balaban J connectivity index is 2.68. The monoisotopic (exact) mass is 281 g/mol. The Hall–Kier alpha value is -0.600. The van der Waals surface area contributed by atoms with E-state index in [-0.39, 0.29) is 5.41 Å². The fourth-order valence-electron chi connectivity index (χ4n) is 1.69. The maximum atomic E-state index is 3.95. The Morgan fingerprint density at radius 1 is 1.38 bits per heavy atom. The quantitative estimate of drug-likeness (QED) is 0.783. The van der Waals surface area contributed by atoms with Crippen molar-refractivity contribution in [3.05, 3.63) is 47.0 Å². The van der Waals surface area contributed by atoms with Crippen LogP contribution < -0.4 is 5.32 Å². The van der Waals surface area contributed by atoms with Crippen LogP contribution in [0.4, 0.5) is 0 Å². The topological polar surface area (TPSA) is 12.0 Å². The summed E-state index contributed by atoms with van der Waals surface area (Å²) in [7, 11) is 0. The largest absolute Gasteiger partial charge is 0.316 e. The highest BCUT2D eigenvalue weighted by Crippen LogP contribution is 2.24. The van der Waals surface area contributed by atoms with E-state index in [4.69, 9.17) is 0 Å². The van der Waals surface area contributed by atoms with Crippen molar-refractivity contribution in [1.82, 2.24) is 5.32 Å². The van der Waals surface area contributed by atoms with Gasteiger partial charge in [0.2, 0.25) is 0 Å². The first-order valence-electron chi connectivity index (χ1n) is 5.68. The molecule has 1 unspecified atom stereocenters. The molecule has 0 radical (unpaired) electrons. The van der Waals surface area contributed by atoms with Gasteiger partial charge in [-0.2, -0.15) is 0 Å². The molecule has 0 spiro atoms. The van der Waals surface area contributed by atoms with Gasteiger partial charge < -0.3 is 5.32 Å². The predicted octanol–water partition coefficient (Wildman–Crippen LogP) is 3.79. The van der Waals surface area contributed by atoms with Crippen molar-refractivity contribution in [2.45, 2.75) is 20.3 Å². The average molecular weight is 282 g/mol. The van der Waals surface area contributed by atoms with Crippen LogP contribution in [0, 0.1) is 5.41 Å². The standard InChI is InChI=1S/C14H20BrN/c1-4-14(3,11-16-5-2)10-12-6-8-13(15)9-7-12/h4,6-9,16H,1,5,10-11H2,2-3H3. The summed E-state index contributed by atoms with van der Waals surface area (Å²) in [5.74, 6) is 0. The maximum Gasteiger partial charge on any atom is 0.0175 e. The van der Waals surface area contributed by atoms with Crippen molar-refractivity contribution in [2.24, 2.45) is 5.41 Å². The third kappa shape index (κ3) is 4.11. The van der Waals surface area contributed by atoms with E-state index in [1.54, 1.807) is 0 Å². The molecule has 0 aliphatic carbocycles. The second-order valence-electron chi connectivity index (χ2n) is 4.44. The van der Waals surface area contributed by atoms with Crippen molar-refractivity contribution >= 4 is 15.9 Å². The summed E-state index contributed by atoms with van der Waals surface area (Å²) in [4.78, 5) is 0. The molecule has 1 nitrogen and oxygen atoms in total. The zero-order valence-electron chi connectivity index (χ0n) is 10.1. The lowest BCUT2D eigenvalue weighted by Crippen LogP contribution is -2.31. The van der Waals surface area contributed by atoms with E-state index in [0.717, 1.165) is 24.0 Å². The van der Waals surface area contributed by atoms with Crippen molar-refractivity contribution in [1.29, 1.82) is 0 Å². The van der Waals surface area contributed by atoms with E-state index in [1.807, 2.05) is 0 Å². The summed E-state index contributed by atoms with van der Waals surface area (Å²) >= 11 is 3.45. The molecule has 0 saturated carbocycles. The van der Waals surface area contributed by atoms with Gasteiger partial charge in [-0.15, -0.1) is 6.58 Å². The van der Waals surface area contributed by atoms with Gasteiger partial charge in [-0.1, -0.05) is 48.0 Å². The van der Waals surface area contributed by atoms with Gasteiger partial charge in [0, 0.05) is 16.4 Å². The van der Waals surface area contributed by atoms with Gasteiger partial charge in [0.15, 0.2) is 0 Å². The van der Waals surface area contributed by atoms with E-state index in [0.29, 0.717) is 0 Å². The van der Waals surface area contributed by atoms with E-state index in [1.165, 1.54) is 5.56 Å². The first-order valence-corrected chi connectivity index (χ1v) is 6.48.